The first-order valence-electron chi connectivity index (χ1n) is 8.45. The zero-order valence-corrected chi connectivity index (χ0v) is 14.7. The number of carbonyl (C=O) groups excluding carboxylic acids is 1. The molecule has 1 amide bonds. The first kappa shape index (κ1) is 19.0. The molecular formula is C19H24BNO4. The standard InChI is InChI=1S/C19H24BNO4/c1-3-4-12-25-20(23)16-10-11-17(18(13-16)24-2)19(22)21-14-15-8-6-5-7-9-15/h5-11,13,23H,3-4,12,14H2,1-2H3,(H,21,22). The number of hydrogen-bond acceptors (Lipinski definition) is 4. The summed E-state index contributed by atoms with van der Waals surface area (Å²) in [4.78, 5) is 12.4. The van der Waals surface area contributed by atoms with Crippen LogP contribution in [0.3, 0.4) is 0 Å². The van der Waals surface area contributed by atoms with Gasteiger partial charge in [-0.3, -0.25) is 4.79 Å². The Bertz CT molecular complexity index is 678. The van der Waals surface area contributed by atoms with Crippen LogP contribution in [0.25, 0.3) is 0 Å². The van der Waals surface area contributed by atoms with Crippen LogP contribution in [-0.2, 0) is 11.2 Å². The third-order valence-corrected chi connectivity index (χ3v) is 3.82. The van der Waals surface area contributed by atoms with Gasteiger partial charge in [-0.1, -0.05) is 49.7 Å². The Balaban J connectivity index is 2.03. The van der Waals surface area contributed by atoms with Gasteiger partial charge in [0.05, 0.1) is 12.7 Å². The maximum Gasteiger partial charge on any atom is 0.491 e. The van der Waals surface area contributed by atoms with Gasteiger partial charge in [0.15, 0.2) is 0 Å². The van der Waals surface area contributed by atoms with Crippen LogP contribution in [0.2, 0.25) is 0 Å². The molecule has 0 spiro atoms. The number of rotatable bonds is 9. The smallest absolute Gasteiger partial charge is 0.491 e. The highest BCUT2D eigenvalue weighted by Crippen LogP contribution is 2.17. The van der Waals surface area contributed by atoms with E-state index in [0.717, 1.165) is 18.4 Å². The van der Waals surface area contributed by atoms with E-state index in [1.54, 1.807) is 18.2 Å². The van der Waals surface area contributed by atoms with Gasteiger partial charge in [-0.2, -0.15) is 0 Å². The lowest BCUT2D eigenvalue weighted by molar-refractivity contribution is 0.0948. The molecule has 6 heteroatoms. The van der Waals surface area contributed by atoms with Gasteiger partial charge in [-0.25, -0.2) is 0 Å². The molecule has 5 nitrogen and oxygen atoms in total. The number of carbonyl (C=O) groups is 1. The van der Waals surface area contributed by atoms with Crippen molar-refractivity contribution in [1.82, 2.24) is 5.32 Å². The second-order valence-electron chi connectivity index (χ2n) is 5.70. The third kappa shape index (κ3) is 5.62. The molecule has 0 heterocycles. The molecular weight excluding hydrogens is 317 g/mol. The van der Waals surface area contributed by atoms with E-state index in [-0.39, 0.29) is 5.91 Å². The van der Waals surface area contributed by atoms with Gasteiger partial charge in [0.25, 0.3) is 5.91 Å². The Kier molecular flexibility index (Phi) is 7.50. The van der Waals surface area contributed by atoms with Crippen LogP contribution in [0.4, 0.5) is 0 Å². The zero-order valence-electron chi connectivity index (χ0n) is 14.7. The van der Waals surface area contributed by atoms with Crippen molar-refractivity contribution in [2.45, 2.75) is 26.3 Å². The summed E-state index contributed by atoms with van der Waals surface area (Å²) in [6.45, 7) is 2.98. The molecule has 0 saturated carbocycles. The van der Waals surface area contributed by atoms with Gasteiger partial charge in [0.1, 0.15) is 5.75 Å². The Morgan fingerprint density at radius 1 is 1.20 bits per heavy atom. The SMILES string of the molecule is CCCCOB(O)c1ccc(C(=O)NCc2ccccc2)c(OC)c1. The first-order chi connectivity index (χ1) is 12.2. The van der Waals surface area contributed by atoms with E-state index in [0.29, 0.717) is 29.9 Å². The summed E-state index contributed by atoms with van der Waals surface area (Å²) in [6, 6.07) is 14.6. The highest BCUT2D eigenvalue weighted by atomic mass is 16.5. The van der Waals surface area contributed by atoms with E-state index < -0.39 is 7.12 Å². The van der Waals surface area contributed by atoms with Gasteiger partial charge in [0, 0.05) is 13.2 Å². The molecule has 2 N–H and O–H groups in total. The highest BCUT2D eigenvalue weighted by molar-refractivity contribution is 6.60. The number of nitrogens with one attached hydrogen (secondary N) is 1. The minimum Gasteiger partial charge on any atom is -0.496 e. The van der Waals surface area contributed by atoms with Crippen molar-refractivity contribution < 1.29 is 19.2 Å². The normalized spacial score (nSPS) is 10.4. The van der Waals surface area contributed by atoms with Crippen LogP contribution in [0.1, 0.15) is 35.7 Å². The van der Waals surface area contributed by atoms with Crippen molar-refractivity contribution in [1.29, 1.82) is 0 Å². The van der Waals surface area contributed by atoms with Crippen LogP contribution >= 0.6 is 0 Å². The fraction of sp³-hybridized carbons (Fsp3) is 0.316. The minimum atomic E-state index is -1.03. The van der Waals surface area contributed by atoms with Crippen LogP contribution in [-0.4, -0.2) is 31.8 Å². The maximum atomic E-state index is 12.4. The molecule has 0 radical (unpaired) electrons. The number of methoxy groups -OCH3 is 1. The molecule has 25 heavy (non-hydrogen) atoms. The molecule has 0 unspecified atom stereocenters. The first-order valence-corrected chi connectivity index (χ1v) is 8.45. The van der Waals surface area contributed by atoms with Gasteiger partial charge in [-0.05, 0) is 29.6 Å². The Hall–Kier alpha value is -2.31. The molecule has 0 bridgehead atoms. The van der Waals surface area contributed by atoms with Gasteiger partial charge in [-0.15, -0.1) is 0 Å². The van der Waals surface area contributed by atoms with E-state index in [2.05, 4.69) is 12.2 Å². The lowest BCUT2D eigenvalue weighted by Gasteiger charge is -2.13. The lowest BCUT2D eigenvalue weighted by atomic mass is 9.79. The molecule has 2 aromatic rings. The summed E-state index contributed by atoms with van der Waals surface area (Å²) >= 11 is 0. The molecule has 0 saturated heterocycles. The average Bonchev–Trinajstić information content (AvgIpc) is 2.66. The van der Waals surface area contributed by atoms with Gasteiger partial charge in [0.2, 0.25) is 0 Å². The molecule has 0 fully saturated rings. The Morgan fingerprint density at radius 3 is 2.64 bits per heavy atom. The maximum absolute atomic E-state index is 12.4. The van der Waals surface area contributed by atoms with E-state index in [1.807, 2.05) is 30.3 Å². The molecule has 0 atom stereocenters. The summed E-state index contributed by atoms with van der Waals surface area (Å²) in [5, 5.41) is 12.9. The largest absolute Gasteiger partial charge is 0.496 e. The monoisotopic (exact) mass is 341 g/mol. The number of ether oxygens (including phenoxy) is 1. The van der Waals surface area contributed by atoms with Crippen molar-refractivity contribution in [3.63, 3.8) is 0 Å². The summed E-state index contributed by atoms with van der Waals surface area (Å²) in [7, 11) is 0.471. The predicted octanol–water partition coefficient (Wildman–Crippen LogP) is 2.13. The number of benzene rings is 2. The Labute approximate surface area is 149 Å². The van der Waals surface area contributed by atoms with Gasteiger partial charge < -0.3 is 19.7 Å². The van der Waals surface area contributed by atoms with E-state index in [4.69, 9.17) is 9.39 Å². The Morgan fingerprint density at radius 2 is 1.96 bits per heavy atom. The molecule has 2 aromatic carbocycles. The van der Waals surface area contributed by atoms with Crippen LogP contribution in [0, 0.1) is 0 Å². The molecule has 132 valence electrons. The van der Waals surface area contributed by atoms with Crippen LogP contribution in [0.5, 0.6) is 5.75 Å². The number of hydrogen-bond donors (Lipinski definition) is 2. The highest BCUT2D eigenvalue weighted by Gasteiger charge is 2.20. The summed E-state index contributed by atoms with van der Waals surface area (Å²) < 4.78 is 10.7. The van der Waals surface area contributed by atoms with Crippen LogP contribution in [0.15, 0.2) is 48.5 Å². The molecule has 0 aliphatic rings. The van der Waals surface area contributed by atoms with Crippen molar-refractivity contribution in [2.24, 2.45) is 0 Å². The third-order valence-electron chi connectivity index (χ3n) is 3.82. The molecule has 0 aliphatic heterocycles. The minimum absolute atomic E-state index is 0.228. The number of amides is 1. The summed E-state index contributed by atoms with van der Waals surface area (Å²) in [5.74, 6) is 0.176. The van der Waals surface area contributed by atoms with E-state index in [9.17, 15) is 9.82 Å². The van der Waals surface area contributed by atoms with E-state index in [1.165, 1.54) is 7.11 Å². The van der Waals surface area contributed by atoms with Gasteiger partial charge >= 0.3 is 7.12 Å². The van der Waals surface area contributed by atoms with Crippen molar-refractivity contribution >= 4 is 18.5 Å². The average molecular weight is 341 g/mol. The van der Waals surface area contributed by atoms with Crippen LogP contribution < -0.4 is 15.5 Å². The van der Waals surface area contributed by atoms with E-state index >= 15 is 0 Å². The predicted molar refractivity (Wildman–Crippen MR) is 99.1 cm³/mol. The molecule has 0 aliphatic carbocycles. The molecule has 0 aromatic heterocycles. The van der Waals surface area contributed by atoms with Crippen molar-refractivity contribution in [3.05, 3.63) is 59.7 Å². The fourth-order valence-electron chi connectivity index (χ4n) is 2.36. The fourth-order valence-corrected chi connectivity index (χ4v) is 2.36. The van der Waals surface area contributed by atoms with Crippen molar-refractivity contribution in [2.75, 3.05) is 13.7 Å². The van der Waals surface area contributed by atoms with Crippen molar-refractivity contribution in [3.8, 4) is 5.75 Å². The summed E-state index contributed by atoms with van der Waals surface area (Å²) in [6.07, 6.45) is 1.88. The second kappa shape index (κ2) is 9.86. The second-order valence-corrected chi connectivity index (χ2v) is 5.70. The lowest BCUT2D eigenvalue weighted by Crippen LogP contribution is -2.34. The number of unbranched alkanes of at least 4 members (excludes halogenated alkanes) is 1. The summed E-state index contributed by atoms with van der Waals surface area (Å²) in [5.41, 5.74) is 2.00. The molecule has 2 rings (SSSR count). The quantitative estimate of drug-likeness (QED) is 0.542. The topological polar surface area (TPSA) is 67.8 Å². The zero-order chi connectivity index (χ0) is 18.1.